The first-order valence-electron chi connectivity index (χ1n) is 6.86. The predicted octanol–water partition coefficient (Wildman–Crippen LogP) is 3.24. The quantitative estimate of drug-likeness (QED) is 0.852. The molecule has 2 aromatic rings. The van der Waals surface area contributed by atoms with Gasteiger partial charge in [-0.3, -0.25) is 4.68 Å². The first-order chi connectivity index (χ1) is 9.72. The van der Waals surface area contributed by atoms with Crippen LogP contribution in [0.15, 0.2) is 30.6 Å². The first-order valence-corrected chi connectivity index (χ1v) is 7.24. The minimum Gasteiger partial charge on any atom is -0.487 e. The molecule has 1 aromatic carbocycles. The van der Waals surface area contributed by atoms with Gasteiger partial charge in [0.1, 0.15) is 12.4 Å². The lowest BCUT2D eigenvalue weighted by Gasteiger charge is -2.09. The van der Waals surface area contributed by atoms with E-state index in [0.29, 0.717) is 17.4 Å². The van der Waals surface area contributed by atoms with Crippen LogP contribution in [0, 0.1) is 0 Å². The number of aromatic nitrogens is 2. The number of ether oxygens (including phenoxy) is 1. The third kappa shape index (κ3) is 3.99. The second kappa shape index (κ2) is 7.31. The molecule has 0 unspecified atom stereocenters. The number of hydrogen-bond acceptors (Lipinski definition) is 3. The van der Waals surface area contributed by atoms with E-state index in [0.717, 1.165) is 30.8 Å². The van der Waals surface area contributed by atoms with Gasteiger partial charge in [-0.15, -0.1) is 0 Å². The van der Waals surface area contributed by atoms with Crippen molar-refractivity contribution >= 4 is 11.6 Å². The van der Waals surface area contributed by atoms with E-state index in [1.54, 1.807) is 0 Å². The lowest BCUT2D eigenvalue weighted by Crippen LogP contribution is -2.11. The standard InChI is InChI=1S/C15H20ClN3O/c1-3-17-8-12-5-6-15(14(16)7-12)20-11-13-9-18-19(4-2)10-13/h5-7,9-10,17H,3-4,8,11H2,1-2H3. The van der Waals surface area contributed by atoms with Crippen molar-refractivity contribution in [3.63, 3.8) is 0 Å². The molecule has 1 N–H and O–H groups in total. The molecular weight excluding hydrogens is 274 g/mol. The highest BCUT2D eigenvalue weighted by Crippen LogP contribution is 2.26. The number of halogens is 1. The normalized spacial score (nSPS) is 10.8. The van der Waals surface area contributed by atoms with E-state index >= 15 is 0 Å². The summed E-state index contributed by atoms with van der Waals surface area (Å²) in [5.74, 6) is 0.705. The van der Waals surface area contributed by atoms with E-state index in [4.69, 9.17) is 16.3 Å². The maximum Gasteiger partial charge on any atom is 0.138 e. The van der Waals surface area contributed by atoms with Crippen LogP contribution in [0.3, 0.4) is 0 Å². The molecule has 0 bridgehead atoms. The van der Waals surface area contributed by atoms with Crippen LogP contribution in [-0.2, 0) is 19.7 Å². The Kier molecular flexibility index (Phi) is 5.44. The van der Waals surface area contributed by atoms with Gasteiger partial charge < -0.3 is 10.1 Å². The summed E-state index contributed by atoms with van der Waals surface area (Å²) < 4.78 is 7.61. The number of nitrogens with one attached hydrogen (secondary N) is 1. The van der Waals surface area contributed by atoms with Crippen LogP contribution in [0.25, 0.3) is 0 Å². The fraction of sp³-hybridized carbons (Fsp3) is 0.400. The summed E-state index contributed by atoms with van der Waals surface area (Å²) in [5, 5.41) is 8.12. The molecule has 4 nitrogen and oxygen atoms in total. The molecule has 0 saturated heterocycles. The molecule has 0 amide bonds. The Morgan fingerprint density at radius 1 is 1.30 bits per heavy atom. The summed E-state index contributed by atoms with van der Waals surface area (Å²) in [6.07, 6.45) is 3.80. The van der Waals surface area contributed by atoms with Crippen LogP contribution in [0.1, 0.15) is 25.0 Å². The van der Waals surface area contributed by atoms with Crippen molar-refractivity contribution in [2.75, 3.05) is 6.54 Å². The first kappa shape index (κ1) is 14.9. The number of benzene rings is 1. The molecule has 0 aliphatic heterocycles. The number of hydrogen-bond donors (Lipinski definition) is 1. The zero-order chi connectivity index (χ0) is 14.4. The van der Waals surface area contributed by atoms with E-state index < -0.39 is 0 Å². The zero-order valence-electron chi connectivity index (χ0n) is 11.9. The van der Waals surface area contributed by atoms with Gasteiger partial charge in [0.15, 0.2) is 0 Å². The van der Waals surface area contributed by atoms with E-state index in [-0.39, 0.29) is 0 Å². The Bertz CT molecular complexity index is 554. The fourth-order valence-corrected chi connectivity index (χ4v) is 2.11. The van der Waals surface area contributed by atoms with Gasteiger partial charge in [-0.1, -0.05) is 24.6 Å². The molecule has 1 heterocycles. The number of aryl methyl sites for hydroxylation is 1. The molecule has 2 rings (SSSR count). The van der Waals surface area contributed by atoms with Gasteiger partial charge in [0.2, 0.25) is 0 Å². The van der Waals surface area contributed by atoms with Crippen LogP contribution >= 0.6 is 11.6 Å². The molecule has 0 atom stereocenters. The van der Waals surface area contributed by atoms with Gasteiger partial charge >= 0.3 is 0 Å². The average molecular weight is 294 g/mol. The summed E-state index contributed by atoms with van der Waals surface area (Å²) in [4.78, 5) is 0. The minimum absolute atomic E-state index is 0.478. The zero-order valence-corrected chi connectivity index (χ0v) is 12.7. The highest BCUT2D eigenvalue weighted by molar-refractivity contribution is 6.32. The molecule has 0 aliphatic rings. The van der Waals surface area contributed by atoms with Crippen molar-refractivity contribution in [2.45, 2.75) is 33.5 Å². The van der Waals surface area contributed by atoms with Crippen LogP contribution in [0.4, 0.5) is 0 Å². The summed E-state index contributed by atoms with van der Waals surface area (Å²) in [6, 6.07) is 5.88. The predicted molar refractivity (Wildman–Crippen MR) is 81.1 cm³/mol. The molecule has 5 heteroatoms. The van der Waals surface area contributed by atoms with E-state index in [1.165, 1.54) is 0 Å². The molecular formula is C15H20ClN3O. The Morgan fingerprint density at radius 3 is 2.80 bits per heavy atom. The maximum atomic E-state index is 6.23. The van der Waals surface area contributed by atoms with E-state index in [2.05, 4.69) is 24.3 Å². The molecule has 108 valence electrons. The third-order valence-corrected chi connectivity index (χ3v) is 3.28. The van der Waals surface area contributed by atoms with Gasteiger partial charge in [0.25, 0.3) is 0 Å². The maximum absolute atomic E-state index is 6.23. The number of nitrogens with zero attached hydrogens (tertiary/aromatic N) is 2. The second-order valence-electron chi connectivity index (χ2n) is 4.54. The molecule has 0 spiro atoms. The molecule has 0 saturated carbocycles. The van der Waals surface area contributed by atoms with Gasteiger partial charge in [-0.25, -0.2) is 0 Å². The lowest BCUT2D eigenvalue weighted by molar-refractivity contribution is 0.306. The van der Waals surface area contributed by atoms with Crippen molar-refractivity contribution in [1.29, 1.82) is 0 Å². The van der Waals surface area contributed by atoms with Crippen molar-refractivity contribution in [2.24, 2.45) is 0 Å². The topological polar surface area (TPSA) is 39.1 Å². The van der Waals surface area contributed by atoms with Gasteiger partial charge in [0.05, 0.1) is 11.2 Å². The Morgan fingerprint density at radius 2 is 2.15 bits per heavy atom. The highest BCUT2D eigenvalue weighted by atomic mass is 35.5. The molecule has 1 aromatic heterocycles. The smallest absolute Gasteiger partial charge is 0.138 e. The lowest BCUT2D eigenvalue weighted by atomic mass is 10.2. The van der Waals surface area contributed by atoms with Crippen LogP contribution in [-0.4, -0.2) is 16.3 Å². The third-order valence-electron chi connectivity index (χ3n) is 2.98. The van der Waals surface area contributed by atoms with Crippen molar-refractivity contribution in [3.05, 3.63) is 46.7 Å². The second-order valence-corrected chi connectivity index (χ2v) is 4.95. The SMILES string of the molecule is CCNCc1ccc(OCc2cnn(CC)c2)c(Cl)c1. The molecule has 20 heavy (non-hydrogen) atoms. The Hall–Kier alpha value is -1.52. The Balaban J connectivity index is 1.95. The van der Waals surface area contributed by atoms with Crippen LogP contribution < -0.4 is 10.1 Å². The van der Waals surface area contributed by atoms with Crippen LogP contribution in [0.5, 0.6) is 5.75 Å². The van der Waals surface area contributed by atoms with Crippen molar-refractivity contribution < 1.29 is 4.74 Å². The summed E-state index contributed by atoms with van der Waals surface area (Å²) in [7, 11) is 0. The highest BCUT2D eigenvalue weighted by Gasteiger charge is 2.05. The molecule has 0 fully saturated rings. The molecule has 0 aliphatic carbocycles. The van der Waals surface area contributed by atoms with Gasteiger partial charge in [-0.05, 0) is 31.2 Å². The fourth-order valence-electron chi connectivity index (χ4n) is 1.86. The minimum atomic E-state index is 0.478. The monoisotopic (exact) mass is 293 g/mol. The Labute approximate surface area is 124 Å². The van der Waals surface area contributed by atoms with Crippen LogP contribution in [0.2, 0.25) is 5.02 Å². The number of rotatable bonds is 7. The summed E-state index contributed by atoms with van der Waals surface area (Å²) in [5.41, 5.74) is 2.20. The van der Waals surface area contributed by atoms with Gasteiger partial charge in [-0.2, -0.15) is 5.10 Å². The van der Waals surface area contributed by atoms with Crippen molar-refractivity contribution in [3.8, 4) is 5.75 Å². The summed E-state index contributed by atoms with van der Waals surface area (Å²) in [6.45, 7) is 7.23. The average Bonchev–Trinajstić information content (AvgIpc) is 2.92. The van der Waals surface area contributed by atoms with Crippen molar-refractivity contribution in [1.82, 2.24) is 15.1 Å². The molecule has 0 radical (unpaired) electrons. The van der Waals surface area contributed by atoms with E-state index in [1.807, 2.05) is 35.3 Å². The summed E-state index contributed by atoms with van der Waals surface area (Å²) >= 11 is 6.23. The largest absolute Gasteiger partial charge is 0.487 e. The van der Waals surface area contributed by atoms with E-state index in [9.17, 15) is 0 Å². The van der Waals surface area contributed by atoms with Gasteiger partial charge in [0, 0.05) is 24.8 Å².